The summed E-state index contributed by atoms with van der Waals surface area (Å²) in [6.07, 6.45) is 2.35. The van der Waals surface area contributed by atoms with Crippen LogP contribution >= 0.6 is 0 Å². The van der Waals surface area contributed by atoms with Gasteiger partial charge in [-0.2, -0.15) is 0 Å². The summed E-state index contributed by atoms with van der Waals surface area (Å²) < 4.78 is 5.61. The molecule has 2 heteroatoms. The van der Waals surface area contributed by atoms with E-state index in [4.69, 9.17) is 10.5 Å². The summed E-state index contributed by atoms with van der Waals surface area (Å²) in [7, 11) is 0. The molecule has 1 rings (SSSR count). The monoisotopic (exact) mass is 235 g/mol. The molecule has 0 radical (unpaired) electrons. The Hall–Kier alpha value is -0.860. The van der Waals surface area contributed by atoms with Gasteiger partial charge in [0.1, 0.15) is 0 Å². The van der Waals surface area contributed by atoms with Crippen molar-refractivity contribution in [2.45, 2.75) is 39.7 Å². The maximum atomic E-state index is 6.06. The summed E-state index contributed by atoms with van der Waals surface area (Å²) in [5.41, 5.74) is 8.48. The smallest absolute Gasteiger partial charge is 0.0659 e. The average molecular weight is 235 g/mol. The third kappa shape index (κ3) is 5.85. The molecule has 0 spiro atoms. The van der Waals surface area contributed by atoms with Gasteiger partial charge in [-0.3, -0.25) is 0 Å². The molecule has 2 N–H and O–H groups in total. The van der Waals surface area contributed by atoms with Crippen molar-refractivity contribution >= 4 is 0 Å². The van der Waals surface area contributed by atoms with Gasteiger partial charge in [-0.1, -0.05) is 43.7 Å². The van der Waals surface area contributed by atoms with E-state index in [2.05, 4.69) is 45.0 Å². The molecule has 0 aliphatic heterocycles. The van der Waals surface area contributed by atoms with Crippen LogP contribution in [-0.2, 0) is 4.74 Å². The molecule has 0 aromatic heterocycles. The lowest BCUT2D eigenvalue weighted by atomic mass is 10.1. The highest BCUT2D eigenvalue weighted by molar-refractivity contribution is 5.23. The predicted molar refractivity (Wildman–Crippen MR) is 73.0 cm³/mol. The summed E-state index contributed by atoms with van der Waals surface area (Å²) in [4.78, 5) is 0. The van der Waals surface area contributed by atoms with Crippen LogP contribution in [0.3, 0.4) is 0 Å². The Kier molecular flexibility index (Phi) is 6.23. The molecule has 96 valence electrons. The maximum absolute atomic E-state index is 6.06. The van der Waals surface area contributed by atoms with Crippen molar-refractivity contribution in [2.24, 2.45) is 11.7 Å². The van der Waals surface area contributed by atoms with Crippen molar-refractivity contribution in [2.75, 3.05) is 13.2 Å². The Balaban J connectivity index is 2.21. The average Bonchev–Trinajstić information content (AvgIpc) is 2.29. The molecule has 2 nitrogen and oxygen atoms in total. The number of aryl methyl sites for hydroxylation is 1. The van der Waals surface area contributed by atoms with E-state index in [1.807, 2.05) is 0 Å². The summed E-state index contributed by atoms with van der Waals surface area (Å²) in [6.45, 7) is 7.98. The predicted octanol–water partition coefficient (Wildman–Crippen LogP) is 3.45. The van der Waals surface area contributed by atoms with E-state index < -0.39 is 0 Å². The van der Waals surface area contributed by atoms with Crippen molar-refractivity contribution in [3.05, 3.63) is 35.4 Å². The van der Waals surface area contributed by atoms with Crippen LogP contribution in [0, 0.1) is 12.8 Å². The Morgan fingerprint density at radius 1 is 1.18 bits per heavy atom. The molecule has 0 bridgehead atoms. The fourth-order valence-corrected chi connectivity index (χ4v) is 1.71. The van der Waals surface area contributed by atoms with Crippen LogP contribution in [0.2, 0.25) is 0 Å². The summed E-state index contributed by atoms with van der Waals surface area (Å²) in [6, 6.07) is 8.34. The van der Waals surface area contributed by atoms with E-state index in [0.717, 1.165) is 24.5 Å². The van der Waals surface area contributed by atoms with E-state index in [-0.39, 0.29) is 6.04 Å². The Bertz CT molecular complexity index is 305. The molecule has 0 saturated heterocycles. The van der Waals surface area contributed by atoms with E-state index >= 15 is 0 Å². The van der Waals surface area contributed by atoms with E-state index in [1.54, 1.807) is 0 Å². The van der Waals surface area contributed by atoms with Crippen molar-refractivity contribution < 1.29 is 4.74 Å². The molecular formula is C15H25NO. The van der Waals surface area contributed by atoms with Gasteiger partial charge in [0.25, 0.3) is 0 Å². The Morgan fingerprint density at radius 2 is 1.82 bits per heavy atom. The zero-order valence-corrected chi connectivity index (χ0v) is 11.3. The first-order chi connectivity index (χ1) is 8.09. The van der Waals surface area contributed by atoms with Gasteiger partial charge in [0, 0.05) is 6.61 Å². The lowest BCUT2D eigenvalue weighted by Gasteiger charge is -2.13. The molecule has 0 saturated carbocycles. The van der Waals surface area contributed by atoms with Crippen LogP contribution in [0.15, 0.2) is 24.3 Å². The minimum atomic E-state index is -0.00495. The number of benzene rings is 1. The SMILES string of the molecule is Cc1ccc(C(N)COCCCC(C)C)cc1. The minimum absolute atomic E-state index is 0.00495. The van der Waals surface area contributed by atoms with Gasteiger partial charge < -0.3 is 10.5 Å². The Labute approximate surface area is 105 Å². The summed E-state index contributed by atoms with van der Waals surface area (Å²) in [5, 5.41) is 0. The van der Waals surface area contributed by atoms with Gasteiger partial charge in [-0.25, -0.2) is 0 Å². The molecule has 0 fully saturated rings. The van der Waals surface area contributed by atoms with Crippen molar-refractivity contribution in [1.29, 1.82) is 0 Å². The fraction of sp³-hybridized carbons (Fsp3) is 0.600. The first-order valence-corrected chi connectivity index (χ1v) is 6.49. The van der Waals surface area contributed by atoms with E-state index in [9.17, 15) is 0 Å². The van der Waals surface area contributed by atoms with Crippen LogP contribution in [0.1, 0.15) is 43.9 Å². The molecule has 17 heavy (non-hydrogen) atoms. The summed E-state index contributed by atoms with van der Waals surface area (Å²) >= 11 is 0. The molecule has 0 amide bonds. The zero-order valence-electron chi connectivity index (χ0n) is 11.3. The second-order valence-electron chi connectivity index (χ2n) is 5.13. The third-order valence-electron chi connectivity index (χ3n) is 2.87. The van der Waals surface area contributed by atoms with E-state index in [1.165, 1.54) is 12.0 Å². The van der Waals surface area contributed by atoms with E-state index in [0.29, 0.717) is 6.61 Å². The highest BCUT2D eigenvalue weighted by atomic mass is 16.5. The first-order valence-electron chi connectivity index (χ1n) is 6.49. The van der Waals surface area contributed by atoms with Gasteiger partial charge >= 0.3 is 0 Å². The second-order valence-corrected chi connectivity index (χ2v) is 5.13. The van der Waals surface area contributed by atoms with Gasteiger partial charge in [0.15, 0.2) is 0 Å². The molecule has 1 unspecified atom stereocenters. The molecular weight excluding hydrogens is 210 g/mol. The molecule has 0 aliphatic rings. The van der Waals surface area contributed by atoms with Gasteiger partial charge in [0.05, 0.1) is 12.6 Å². The second kappa shape index (κ2) is 7.46. The van der Waals surface area contributed by atoms with Crippen LogP contribution in [-0.4, -0.2) is 13.2 Å². The summed E-state index contributed by atoms with van der Waals surface area (Å²) in [5.74, 6) is 0.754. The maximum Gasteiger partial charge on any atom is 0.0659 e. The number of nitrogens with two attached hydrogens (primary N) is 1. The quantitative estimate of drug-likeness (QED) is 0.735. The third-order valence-corrected chi connectivity index (χ3v) is 2.87. The Morgan fingerprint density at radius 3 is 2.41 bits per heavy atom. The van der Waals surface area contributed by atoms with Crippen LogP contribution in [0.4, 0.5) is 0 Å². The lowest BCUT2D eigenvalue weighted by Crippen LogP contribution is -2.17. The minimum Gasteiger partial charge on any atom is -0.379 e. The molecule has 0 aliphatic carbocycles. The first kappa shape index (κ1) is 14.2. The molecule has 1 atom stereocenters. The largest absolute Gasteiger partial charge is 0.379 e. The van der Waals surface area contributed by atoms with Crippen molar-refractivity contribution in [3.8, 4) is 0 Å². The topological polar surface area (TPSA) is 35.2 Å². The van der Waals surface area contributed by atoms with Crippen molar-refractivity contribution in [1.82, 2.24) is 0 Å². The van der Waals surface area contributed by atoms with Gasteiger partial charge in [-0.05, 0) is 31.2 Å². The van der Waals surface area contributed by atoms with Crippen molar-refractivity contribution in [3.63, 3.8) is 0 Å². The lowest BCUT2D eigenvalue weighted by molar-refractivity contribution is 0.115. The van der Waals surface area contributed by atoms with Gasteiger partial charge in [-0.15, -0.1) is 0 Å². The van der Waals surface area contributed by atoms with Crippen LogP contribution in [0.25, 0.3) is 0 Å². The highest BCUT2D eigenvalue weighted by Crippen LogP contribution is 2.12. The fourth-order valence-electron chi connectivity index (χ4n) is 1.71. The number of rotatable bonds is 7. The number of hydrogen-bond acceptors (Lipinski definition) is 2. The van der Waals surface area contributed by atoms with Crippen LogP contribution < -0.4 is 5.73 Å². The normalized spacial score (nSPS) is 13.0. The molecule has 1 aromatic rings. The molecule has 1 aromatic carbocycles. The molecule has 0 heterocycles. The number of hydrogen-bond donors (Lipinski definition) is 1. The number of ether oxygens (including phenoxy) is 1. The van der Waals surface area contributed by atoms with Crippen LogP contribution in [0.5, 0.6) is 0 Å². The van der Waals surface area contributed by atoms with Gasteiger partial charge in [0.2, 0.25) is 0 Å². The zero-order chi connectivity index (χ0) is 12.7. The highest BCUT2D eigenvalue weighted by Gasteiger charge is 2.05. The standard InChI is InChI=1S/C15H25NO/c1-12(2)5-4-10-17-11-15(16)14-8-6-13(3)7-9-14/h6-9,12,15H,4-5,10-11,16H2,1-3H3.